The van der Waals surface area contributed by atoms with Gasteiger partial charge in [-0.3, -0.25) is 0 Å². The summed E-state index contributed by atoms with van der Waals surface area (Å²) < 4.78 is 1.02. The molecule has 0 heterocycles. The monoisotopic (exact) mass is 265 g/mol. The van der Waals surface area contributed by atoms with Crippen LogP contribution in [0, 0.1) is 6.92 Å². The third-order valence-electron chi connectivity index (χ3n) is 3.05. The van der Waals surface area contributed by atoms with Gasteiger partial charge in [-0.25, -0.2) is 0 Å². The summed E-state index contributed by atoms with van der Waals surface area (Å²) in [7, 11) is 0. The largest absolute Gasteiger partial charge is 0.305 e. The average molecular weight is 266 g/mol. The summed E-state index contributed by atoms with van der Waals surface area (Å²) in [5.74, 6) is 0. The zero-order chi connectivity index (χ0) is 10.8. The van der Waals surface area contributed by atoms with Gasteiger partial charge >= 0.3 is 0 Å². The Kier molecular flexibility index (Phi) is 3.27. The first-order valence-electron chi connectivity index (χ1n) is 5.33. The summed E-state index contributed by atoms with van der Waals surface area (Å²) in [4.78, 5) is 0. The van der Waals surface area contributed by atoms with Crippen LogP contribution >= 0.6 is 15.9 Å². The van der Waals surface area contributed by atoms with Gasteiger partial charge in [0.1, 0.15) is 0 Å². The molecule has 1 aliphatic rings. The van der Waals surface area contributed by atoms with Gasteiger partial charge in [-0.15, -0.1) is 0 Å². The van der Waals surface area contributed by atoms with Crippen molar-refractivity contribution in [3.8, 4) is 0 Å². The minimum absolute atomic E-state index is 0.509. The maximum Gasteiger partial charge on any atom is 0.0329 e. The maximum atomic E-state index is 3.84. The Hall–Kier alpha value is -0.600. The fourth-order valence-corrected chi connectivity index (χ4v) is 2.44. The van der Waals surface area contributed by atoms with Crippen molar-refractivity contribution >= 4 is 15.9 Å². The Morgan fingerprint density at radius 2 is 2.40 bits per heavy atom. The van der Waals surface area contributed by atoms with Gasteiger partial charge in [0.25, 0.3) is 0 Å². The molecule has 80 valence electrons. The van der Waals surface area contributed by atoms with Crippen LogP contribution in [0.15, 0.2) is 29.3 Å². The van der Waals surface area contributed by atoms with E-state index in [1.807, 2.05) is 0 Å². The van der Waals surface area contributed by atoms with Gasteiger partial charge in [-0.2, -0.15) is 0 Å². The Labute approximate surface area is 99.7 Å². The lowest BCUT2D eigenvalue weighted by Gasteiger charge is -2.13. The number of benzene rings is 1. The van der Waals surface area contributed by atoms with E-state index < -0.39 is 0 Å². The molecule has 0 bridgehead atoms. The Morgan fingerprint density at radius 1 is 1.60 bits per heavy atom. The molecule has 0 spiro atoms. The quantitative estimate of drug-likeness (QED) is 0.883. The van der Waals surface area contributed by atoms with Crippen LogP contribution in [0.2, 0.25) is 0 Å². The Bertz CT molecular complexity index is 384. The van der Waals surface area contributed by atoms with Crippen molar-refractivity contribution in [1.82, 2.24) is 5.32 Å². The second-order valence-corrected chi connectivity index (χ2v) is 5.25. The normalized spacial score (nSPS) is 18.9. The molecule has 1 atom stereocenters. The zero-order valence-electron chi connectivity index (χ0n) is 9.02. The van der Waals surface area contributed by atoms with Crippen LogP contribution in [-0.2, 0) is 6.42 Å². The highest BCUT2D eigenvalue weighted by Crippen LogP contribution is 2.32. The molecule has 1 N–H and O–H groups in total. The summed E-state index contributed by atoms with van der Waals surface area (Å²) >= 11 is 3.38. The van der Waals surface area contributed by atoms with E-state index in [2.05, 4.69) is 52.9 Å². The van der Waals surface area contributed by atoms with E-state index in [1.165, 1.54) is 29.5 Å². The van der Waals surface area contributed by atoms with Crippen LogP contribution in [0.25, 0.3) is 0 Å². The molecule has 0 fully saturated rings. The standard InChI is InChI=1S/C13H16BrN/c1-9-4-3-5-12-11(9)6-7-13(12)15-8-10(2)14/h3-5,13,15H,2,6-8H2,1H3. The summed E-state index contributed by atoms with van der Waals surface area (Å²) in [5.41, 5.74) is 4.44. The Morgan fingerprint density at radius 3 is 3.13 bits per heavy atom. The van der Waals surface area contributed by atoms with Crippen LogP contribution in [0.1, 0.15) is 29.2 Å². The van der Waals surface area contributed by atoms with Gasteiger partial charge in [0.05, 0.1) is 0 Å². The van der Waals surface area contributed by atoms with Gasteiger partial charge in [-0.1, -0.05) is 40.7 Å². The molecule has 15 heavy (non-hydrogen) atoms. The number of hydrogen-bond acceptors (Lipinski definition) is 1. The van der Waals surface area contributed by atoms with Crippen molar-refractivity contribution in [2.75, 3.05) is 6.54 Å². The highest BCUT2D eigenvalue weighted by atomic mass is 79.9. The second kappa shape index (κ2) is 4.50. The minimum atomic E-state index is 0.509. The first kappa shape index (κ1) is 10.9. The van der Waals surface area contributed by atoms with Crippen molar-refractivity contribution in [2.24, 2.45) is 0 Å². The van der Waals surface area contributed by atoms with Crippen molar-refractivity contribution in [1.29, 1.82) is 0 Å². The van der Waals surface area contributed by atoms with Gasteiger partial charge in [0.2, 0.25) is 0 Å². The third kappa shape index (κ3) is 2.32. The molecular weight excluding hydrogens is 250 g/mol. The first-order chi connectivity index (χ1) is 7.18. The molecule has 2 heteroatoms. The lowest BCUT2D eigenvalue weighted by molar-refractivity contribution is 0.563. The fourth-order valence-electron chi connectivity index (χ4n) is 2.28. The van der Waals surface area contributed by atoms with Crippen LogP contribution in [0.3, 0.4) is 0 Å². The van der Waals surface area contributed by atoms with Crippen molar-refractivity contribution in [2.45, 2.75) is 25.8 Å². The number of nitrogens with one attached hydrogen (secondary N) is 1. The van der Waals surface area contributed by atoms with Crippen LogP contribution in [0.5, 0.6) is 0 Å². The van der Waals surface area contributed by atoms with Crippen molar-refractivity contribution < 1.29 is 0 Å². The molecule has 0 saturated carbocycles. The highest BCUT2D eigenvalue weighted by Gasteiger charge is 2.22. The maximum absolute atomic E-state index is 3.84. The third-order valence-corrected chi connectivity index (χ3v) is 3.33. The topological polar surface area (TPSA) is 12.0 Å². The lowest BCUT2D eigenvalue weighted by atomic mass is 10.0. The molecule has 2 rings (SSSR count). The first-order valence-corrected chi connectivity index (χ1v) is 6.13. The zero-order valence-corrected chi connectivity index (χ0v) is 10.6. The SMILES string of the molecule is C=C(Br)CNC1CCc2c(C)cccc21. The number of fused-ring (bicyclic) bond motifs is 1. The molecular formula is C13H16BrN. The molecule has 1 unspecified atom stereocenters. The molecule has 0 radical (unpaired) electrons. The van der Waals surface area contributed by atoms with E-state index in [0.29, 0.717) is 6.04 Å². The summed E-state index contributed by atoms with van der Waals surface area (Å²) in [6.45, 7) is 6.89. The number of rotatable bonds is 3. The van der Waals surface area contributed by atoms with Gasteiger partial charge in [0.15, 0.2) is 0 Å². The predicted molar refractivity (Wildman–Crippen MR) is 68.3 cm³/mol. The Balaban J connectivity index is 2.14. The van der Waals surface area contributed by atoms with Crippen LogP contribution in [-0.4, -0.2) is 6.54 Å². The lowest BCUT2D eigenvalue weighted by Crippen LogP contribution is -2.20. The van der Waals surface area contributed by atoms with Crippen molar-refractivity contribution in [3.63, 3.8) is 0 Å². The van der Waals surface area contributed by atoms with E-state index in [1.54, 1.807) is 0 Å². The second-order valence-electron chi connectivity index (χ2n) is 4.13. The highest BCUT2D eigenvalue weighted by molar-refractivity contribution is 9.11. The number of halogens is 1. The van der Waals surface area contributed by atoms with E-state index in [-0.39, 0.29) is 0 Å². The molecule has 0 saturated heterocycles. The molecule has 1 nitrogen and oxygen atoms in total. The molecule has 0 aliphatic heterocycles. The van der Waals surface area contributed by atoms with Crippen LogP contribution in [0.4, 0.5) is 0 Å². The summed E-state index contributed by atoms with van der Waals surface area (Å²) in [6, 6.07) is 7.10. The number of aryl methyl sites for hydroxylation is 1. The minimum Gasteiger partial charge on any atom is -0.305 e. The molecule has 0 amide bonds. The van der Waals surface area contributed by atoms with E-state index in [0.717, 1.165) is 11.0 Å². The van der Waals surface area contributed by atoms with Crippen LogP contribution < -0.4 is 5.32 Å². The smallest absolute Gasteiger partial charge is 0.0329 e. The molecule has 1 aromatic carbocycles. The molecule has 1 aromatic rings. The van der Waals surface area contributed by atoms with Gasteiger partial charge in [0, 0.05) is 17.1 Å². The molecule has 0 aromatic heterocycles. The predicted octanol–water partition coefficient (Wildman–Crippen LogP) is 3.48. The summed E-state index contributed by atoms with van der Waals surface area (Å²) in [5, 5.41) is 3.52. The number of hydrogen-bond donors (Lipinski definition) is 1. The van der Waals surface area contributed by atoms with Gasteiger partial charge < -0.3 is 5.32 Å². The fraction of sp³-hybridized carbons (Fsp3) is 0.385. The molecule has 1 aliphatic carbocycles. The van der Waals surface area contributed by atoms with E-state index in [4.69, 9.17) is 0 Å². The van der Waals surface area contributed by atoms with Crippen molar-refractivity contribution in [3.05, 3.63) is 46.0 Å². The average Bonchev–Trinajstić information content (AvgIpc) is 2.59. The van der Waals surface area contributed by atoms with E-state index in [9.17, 15) is 0 Å². The van der Waals surface area contributed by atoms with E-state index >= 15 is 0 Å². The summed E-state index contributed by atoms with van der Waals surface area (Å²) in [6.07, 6.45) is 2.41. The van der Waals surface area contributed by atoms with Gasteiger partial charge in [-0.05, 0) is 36.5 Å².